The quantitative estimate of drug-likeness (QED) is 0.328. The van der Waals surface area contributed by atoms with Gasteiger partial charge in [-0.15, -0.1) is 0 Å². The van der Waals surface area contributed by atoms with E-state index in [-0.39, 0.29) is 6.61 Å². The van der Waals surface area contributed by atoms with Crippen LogP contribution in [0.1, 0.15) is 35.3 Å². The highest BCUT2D eigenvalue weighted by molar-refractivity contribution is 5.97. The second-order valence-corrected chi connectivity index (χ2v) is 6.29. The number of anilines is 1. The number of carbonyl (C=O) groups is 2. The largest absolute Gasteiger partial charge is 0.399 e. The van der Waals surface area contributed by atoms with Crippen LogP contribution in [0.2, 0.25) is 0 Å². The number of aliphatic hydroxyl groups excluding tert-OH is 1. The van der Waals surface area contributed by atoms with Crippen molar-refractivity contribution in [2.45, 2.75) is 26.0 Å². The van der Waals surface area contributed by atoms with Crippen LogP contribution in [0, 0.1) is 23.7 Å². The summed E-state index contributed by atoms with van der Waals surface area (Å²) in [5.74, 6) is 10.2. The van der Waals surface area contributed by atoms with E-state index < -0.39 is 24.0 Å². The van der Waals surface area contributed by atoms with Gasteiger partial charge in [-0.25, -0.2) is 5.48 Å². The molecule has 0 unspecified atom stereocenters. The second-order valence-electron chi connectivity index (χ2n) is 6.29. The first-order valence-corrected chi connectivity index (χ1v) is 9.29. The molecule has 0 heterocycles. The van der Waals surface area contributed by atoms with E-state index in [1.807, 2.05) is 12.1 Å². The van der Waals surface area contributed by atoms with Crippen LogP contribution < -0.4 is 16.5 Å². The standard InChI is InChI=1S/C23H23N3O4/c1-3-30-26-23(29)21(16(2)27)25-22(28)19-12-8-17(9-13-19)6-4-5-7-18-10-14-20(24)15-11-18/h8-16,21,27H,3,24H2,1-2H3,(H,25,28)(H,26,29)/t16-,21+/m1/s1. The summed E-state index contributed by atoms with van der Waals surface area (Å²) >= 11 is 0. The van der Waals surface area contributed by atoms with Crippen molar-refractivity contribution in [3.8, 4) is 23.7 Å². The van der Waals surface area contributed by atoms with Crippen LogP contribution in [0.3, 0.4) is 0 Å². The first-order chi connectivity index (χ1) is 14.4. The van der Waals surface area contributed by atoms with Gasteiger partial charge in [-0.2, -0.15) is 0 Å². The Morgan fingerprint density at radius 1 is 1.03 bits per heavy atom. The van der Waals surface area contributed by atoms with Crippen LogP contribution in [0.25, 0.3) is 0 Å². The summed E-state index contributed by atoms with van der Waals surface area (Å²) in [6.07, 6.45) is -1.10. The van der Waals surface area contributed by atoms with Gasteiger partial charge in [-0.3, -0.25) is 14.4 Å². The zero-order valence-corrected chi connectivity index (χ0v) is 16.7. The molecule has 0 saturated heterocycles. The van der Waals surface area contributed by atoms with E-state index in [0.717, 1.165) is 5.56 Å². The topological polar surface area (TPSA) is 114 Å². The summed E-state index contributed by atoms with van der Waals surface area (Å²) in [6.45, 7) is 3.36. The Bertz CT molecular complexity index is 991. The minimum absolute atomic E-state index is 0.263. The average Bonchev–Trinajstić information content (AvgIpc) is 2.74. The lowest BCUT2D eigenvalue weighted by Crippen LogP contribution is -2.52. The van der Waals surface area contributed by atoms with Gasteiger partial charge in [0.15, 0.2) is 0 Å². The number of hydrogen-bond acceptors (Lipinski definition) is 5. The van der Waals surface area contributed by atoms with Crippen molar-refractivity contribution in [2.75, 3.05) is 12.3 Å². The number of amides is 2. The Balaban J connectivity index is 2.00. The van der Waals surface area contributed by atoms with Gasteiger partial charge in [0.2, 0.25) is 0 Å². The molecule has 0 spiro atoms. The van der Waals surface area contributed by atoms with E-state index in [2.05, 4.69) is 34.5 Å². The maximum atomic E-state index is 12.4. The molecule has 2 rings (SSSR count). The number of rotatable bonds is 6. The van der Waals surface area contributed by atoms with Crippen molar-refractivity contribution in [1.29, 1.82) is 0 Å². The molecule has 7 heteroatoms. The number of nitrogens with one attached hydrogen (secondary N) is 2. The van der Waals surface area contributed by atoms with E-state index in [4.69, 9.17) is 10.6 Å². The fourth-order valence-electron chi connectivity index (χ4n) is 2.31. The van der Waals surface area contributed by atoms with Crippen molar-refractivity contribution in [3.63, 3.8) is 0 Å². The third-order valence-electron chi connectivity index (χ3n) is 3.90. The Hall–Kier alpha value is -3.78. The van der Waals surface area contributed by atoms with Gasteiger partial charge in [-0.05, 0) is 74.2 Å². The fraction of sp³-hybridized carbons (Fsp3) is 0.217. The summed E-state index contributed by atoms with van der Waals surface area (Å²) in [7, 11) is 0. The van der Waals surface area contributed by atoms with Gasteiger partial charge in [0.1, 0.15) is 6.04 Å². The summed E-state index contributed by atoms with van der Waals surface area (Å²) in [5.41, 5.74) is 10.3. The van der Waals surface area contributed by atoms with Crippen molar-refractivity contribution in [1.82, 2.24) is 10.8 Å². The molecular weight excluding hydrogens is 382 g/mol. The Morgan fingerprint density at radius 2 is 1.57 bits per heavy atom. The molecule has 0 aliphatic heterocycles. The molecule has 154 valence electrons. The smallest absolute Gasteiger partial charge is 0.268 e. The van der Waals surface area contributed by atoms with Crippen LogP contribution in [-0.2, 0) is 9.63 Å². The van der Waals surface area contributed by atoms with E-state index >= 15 is 0 Å². The molecule has 7 nitrogen and oxygen atoms in total. The summed E-state index contributed by atoms with van der Waals surface area (Å²) in [4.78, 5) is 29.2. The van der Waals surface area contributed by atoms with Gasteiger partial charge in [0, 0.05) is 22.4 Å². The predicted octanol–water partition coefficient (Wildman–Crippen LogP) is 1.22. The zero-order chi connectivity index (χ0) is 21.9. The van der Waals surface area contributed by atoms with Gasteiger partial charge in [0.25, 0.3) is 11.8 Å². The molecule has 5 N–H and O–H groups in total. The Kier molecular flexibility index (Phi) is 8.46. The van der Waals surface area contributed by atoms with E-state index in [9.17, 15) is 14.7 Å². The van der Waals surface area contributed by atoms with Gasteiger partial charge < -0.3 is 16.2 Å². The van der Waals surface area contributed by atoms with E-state index in [1.165, 1.54) is 6.92 Å². The van der Waals surface area contributed by atoms with Crippen LogP contribution in [0.5, 0.6) is 0 Å². The maximum absolute atomic E-state index is 12.4. The third kappa shape index (κ3) is 6.99. The van der Waals surface area contributed by atoms with Gasteiger partial charge in [-0.1, -0.05) is 11.8 Å². The molecule has 30 heavy (non-hydrogen) atoms. The van der Waals surface area contributed by atoms with E-state index in [0.29, 0.717) is 16.8 Å². The number of nitrogen functional groups attached to an aromatic ring is 1. The summed E-state index contributed by atoms with van der Waals surface area (Å²) in [5, 5.41) is 12.3. The van der Waals surface area contributed by atoms with Crippen LogP contribution >= 0.6 is 0 Å². The SMILES string of the molecule is CCONC(=O)[C@@H](NC(=O)c1ccc(C#CC#Cc2ccc(N)cc2)cc1)[C@@H](C)O. The second kappa shape index (κ2) is 11.3. The minimum atomic E-state index is -1.15. The predicted molar refractivity (Wildman–Crippen MR) is 114 cm³/mol. The lowest BCUT2D eigenvalue weighted by molar-refractivity contribution is -0.137. The first-order valence-electron chi connectivity index (χ1n) is 9.29. The molecular formula is C23H23N3O4. The Labute approximate surface area is 175 Å². The molecule has 0 fully saturated rings. The molecule has 2 aromatic carbocycles. The first kappa shape index (κ1) is 22.5. The van der Waals surface area contributed by atoms with E-state index in [1.54, 1.807) is 43.3 Å². The molecule has 0 aromatic heterocycles. The summed E-state index contributed by atoms with van der Waals surface area (Å²) in [6, 6.07) is 12.5. The van der Waals surface area contributed by atoms with Crippen LogP contribution in [0.15, 0.2) is 48.5 Å². The highest BCUT2D eigenvalue weighted by Crippen LogP contribution is 2.05. The number of benzene rings is 2. The minimum Gasteiger partial charge on any atom is -0.399 e. The normalized spacial score (nSPS) is 11.7. The third-order valence-corrected chi connectivity index (χ3v) is 3.90. The van der Waals surface area contributed by atoms with Gasteiger partial charge in [0.05, 0.1) is 12.7 Å². The molecule has 0 bridgehead atoms. The molecule has 0 saturated carbocycles. The molecule has 2 atom stereocenters. The van der Waals surface area contributed by atoms with Crippen LogP contribution in [-0.4, -0.2) is 35.7 Å². The monoisotopic (exact) mass is 405 g/mol. The zero-order valence-electron chi connectivity index (χ0n) is 16.7. The van der Waals surface area contributed by atoms with Crippen molar-refractivity contribution >= 4 is 17.5 Å². The maximum Gasteiger partial charge on any atom is 0.268 e. The molecule has 2 amide bonds. The Morgan fingerprint density at radius 3 is 2.07 bits per heavy atom. The molecule has 2 aromatic rings. The number of hydrogen-bond donors (Lipinski definition) is 4. The average molecular weight is 405 g/mol. The molecule has 0 aliphatic carbocycles. The molecule has 0 aliphatic rings. The van der Waals surface area contributed by atoms with Crippen molar-refractivity contribution < 1.29 is 19.5 Å². The summed E-state index contributed by atoms with van der Waals surface area (Å²) < 4.78 is 0. The molecule has 0 radical (unpaired) electrons. The van der Waals surface area contributed by atoms with Crippen molar-refractivity contribution in [2.24, 2.45) is 0 Å². The lowest BCUT2D eigenvalue weighted by Gasteiger charge is -2.20. The number of carbonyl (C=O) groups excluding carboxylic acids is 2. The highest BCUT2D eigenvalue weighted by Gasteiger charge is 2.26. The van der Waals surface area contributed by atoms with Crippen LogP contribution in [0.4, 0.5) is 5.69 Å². The fourth-order valence-corrected chi connectivity index (χ4v) is 2.31. The van der Waals surface area contributed by atoms with Gasteiger partial charge >= 0.3 is 0 Å². The number of nitrogens with two attached hydrogens (primary N) is 1. The lowest BCUT2D eigenvalue weighted by atomic mass is 10.1. The number of hydroxylamine groups is 1. The number of aliphatic hydroxyl groups is 1. The highest BCUT2D eigenvalue weighted by atomic mass is 16.6. The van der Waals surface area contributed by atoms with Crippen molar-refractivity contribution in [3.05, 3.63) is 65.2 Å².